The highest BCUT2D eigenvalue weighted by molar-refractivity contribution is 5.81. The molecule has 272 valence electrons. The van der Waals surface area contributed by atoms with E-state index in [0.29, 0.717) is 28.9 Å². The fraction of sp³-hybridized carbons (Fsp3) is 0.325. The standard InChI is InChI=1S/C40H39F5N4O3/c1-52-23-22-47-20-17-32(18-21-47)48(25-27-7-9-28(10-8-27)29-11-14-31(15-12-29)40(43,44)45)37(51)26-49-33(16-13-30-4-2-6-35(41)38(30)42)24-36(50)34-5-3-19-46-39(34)49/h2-12,14-15,19,24,32H,13,16-18,20-23,25-26H2,1H3. The molecule has 52 heavy (non-hydrogen) atoms. The van der Waals surface area contributed by atoms with E-state index in [9.17, 15) is 31.5 Å². The number of aromatic nitrogens is 2. The molecule has 1 fully saturated rings. The number of hydrogen-bond acceptors (Lipinski definition) is 5. The minimum Gasteiger partial charge on any atom is -0.383 e. The van der Waals surface area contributed by atoms with Crippen LogP contribution in [0.4, 0.5) is 22.0 Å². The number of likely N-dealkylation sites (tertiary alicyclic amines) is 1. The summed E-state index contributed by atoms with van der Waals surface area (Å²) in [5.41, 5.74) is 2.19. The smallest absolute Gasteiger partial charge is 0.383 e. The summed E-state index contributed by atoms with van der Waals surface area (Å²) in [5.74, 6) is -2.10. The first-order valence-corrected chi connectivity index (χ1v) is 17.2. The highest BCUT2D eigenvalue weighted by Gasteiger charge is 2.31. The van der Waals surface area contributed by atoms with Crippen LogP contribution in [0.25, 0.3) is 22.2 Å². The number of piperidine rings is 1. The predicted molar refractivity (Wildman–Crippen MR) is 189 cm³/mol. The number of fused-ring (bicyclic) bond motifs is 1. The zero-order valence-electron chi connectivity index (χ0n) is 28.7. The summed E-state index contributed by atoms with van der Waals surface area (Å²) in [4.78, 5) is 36.2. The monoisotopic (exact) mass is 718 g/mol. The van der Waals surface area contributed by atoms with Crippen molar-refractivity contribution in [2.75, 3.05) is 33.4 Å². The van der Waals surface area contributed by atoms with Gasteiger partial charge in [0.15, 0.2) is 17.1 Å². The Balaban J connectivity index is 1.28. The van der Waals surface area contributed by atoms with Crippen LogP contribution in [0.3, 0.4) is 0 Å². The molecule has 0 unspecified atom stereocenters. The minimum atomic E-state index is -4.42. The van der Waals surface area contributed by atoms with E-state index < -0.39 is 23.4 Å². The van der Waals surface area contributed by atoms with Gasteiger partial charge in [-0.3, -0.25) is 9.59 Å². The molecular weight excluding hydrogens is 679 g/mol. The van der Waals surface area contributed by atoms with Gasteiger partial charge in [0.2, 0.25) is 5.91 Å². The Bertz CT molecular complexity index is 2060. The molecule has 2 aromatic heterocycles. The number of halogens is 5. The van der Waals surface area contributed by atoms with E-state index in [0.717, 1.165) is 61.8 Å². The molecule has 0 aliphatic carbocycles. The summed E-state index contributed by atoms with van der Waals surface area (Å²) in [6.07, 6.45) is -1.15. The van der Waals surface area contributed by atoms with Crippen molar-refractivity contribution >= 4 is 16.9 Å². The molecule has 12 heteroatoms. The number of rotatable bonds is 12. The first kappa shape index (κ1) is 36.8. The molecule has 0 N–H and O–H groups in total. The highest BCUT2D eigenvalue weighted by atomic mass is 19.4. The second kappa shape index (κ2) is 16.2. The summed E-state index contributed by atoms with van der Waals surface area (Å²) in [7, 11) is 1.66. The minimum absolute atomic E-state index is 0.0932. The quantitative estimate of drug-likeness (QED) is 0.127. The van der Waals surface area contributed by atoms with Crippen LogP contribution in [0.2, 0.25) is 0 Å². The predicted octanol–water partition coefficient (Wildman–Crippen LogP) is 7.29. The van der Waals surface area contributed by atoms with E-state index >= 15 is 0 Å². The van der Waals surface area contributed by atoms with Crippen molar-refractivity contribution in [1.82, 2.24) is 19.4 Å². The molecule has 5 aromatic rings. The molecule has 0 bridgehead atoms. The van der Waals surface area contributed by atoms with Crippen molar-refractivity contribution in [3.63, 3.8) is 0 Å². The Labute approximate surface area is 298 Å². The number of benzene rings is 3. The normalized spacial score (nSPS) is 14.2. The maximum absolute atomic E-state index is 14.6. The summed E-state index contributed by atoms with van der Waals surface area (Å²) in [5, 5.41) is 0.341. The number of pyridine rings is 2. The lowest BCUT2D eigenvalue weighted by atomic mass is 10.00. The summed E-state index contributed by atoms with van der Waals surface area (Å²) in [6, 6.07) is 21.0. The van der Waals surface area contributed by atoms with E-state index in [2.05, 4.69) is 9.88 Å². The second-order valence-corrected chi connectivity index (χ2v) is 13.0. The van der Waals surface area contributed by atoms with Gasteiger partial charge >= 0.3 is 6.18 Å². The SMILES string of the molecule is COCCN1CCC(N(Cc2ccc(-c3ccc(C(F)(F)F)cc3)cc2)C(=O)Cn2c(CCc3cccc(F)c3F)cc(=O)c3cccnc32)CC1. The Morgan fingerprint density at radius 2 is 1.62 bits per heavy atom. The van der Waals surface area contributed by atoms with Gasteiger partial charge in [0.05, 0.1) is 17.6 Å². The number of hydrogen-bond donors (Lipinski definition) is 0. The molecule has 7 nitrogen and oxygen atoms in total. The zero-order valence-corrected chi connectivity index (χ0v) is 28.7. The third kappa shape index (κ3) is 8.56. The average molecular weight is 719 g/mol. The van der Waals surface area contributed by atoms with Crippen molar-refractivity contribution in [3.05, 3.63) is 135 Å². The topological polar surface area (TPSA) is 67.7 Å². The zero-order chi connectivity index (χ0) is 36.8. The Hall–Kier alpha value is -4.94. The molecule has 1 amide bonds. The first-order chi connectivity index (χ1) is 25.0. The van der Waals surface area contributed by atoms with E-state index in [1.165, 1.54) is 30.3 Å². The number of carbonyl (C=O) groups is 1. The first-order valence-electron chi connectivity index (χ1n) is 17.2. The third-order valence-electron chi connectivity index (χ3n) is 9.71. The fourth-order valence-electron chi connectivity index (χ4n) is 6.81. The Morgan fingerprint density at radius 1 is 0.923 bits per heavy atom. The largest absolute Gasteiger partial charge is 0.416 e. The van der Waals surface area contributed by atoms with Crippen LogP contribution in [-0.4, -0.2) is 64.7 Å². The fourth-order valence-corrected chi connectivity index (χ4v) is 6.81. The lowest BCUT2D eigenvalue weighted by molar-refractivity contribution is -0.137. The van der Waals surface area contributed by atoms with E-state index in [-0.39, 0.29) is 48.9 Å². The molecule has 1 saturated heterocycles. The van der Waals surface area contributed by atoms with Gasteiger partial charge in [0.1, 0.15) is 12.2 Å². The molecule has 1 aliphatic heterocycles. The molecule has 0 radical (unpaired) electrons. The third-order valence-corrected chi connectivity index (χ3v) is 9.71. The number of carbonyl (C=O) groups excluding carboxylic acids is 1. The van der Waals surface area contributed by atoms with Crippen LogP contribution in [0.15, 0.2) is 95.9 Å². The van der Waals surface area contributed by atoms with E-state index in [1.54, 1.807) is 30.0 Å². The van der Waals surface area contributed by atoms with E-state index in [4.69, 9.17) is 4.74 Å². The second-order valence-electron chi connectivity index (χ2n) is 13.0. The summed E-state index contributed by atoms with van der Waals surface area (Å²) >= 11 is 0. The molecule has 1 aliphatic rings. The van der Waals surface area contributed by atoms with Crippen LogP contribution in [0.5, 0.6) is 0 Å². The number of aryl methyl sites for hydroxylation is 2. The molecule has 3 heterocycles. The van der Waals surface area contributed by atoms with Gasteiger partial charge in [-0.2, -0.15) is 13.2 Å². The van der Waals surface area contributed by atoms with Gasteiger partial charge in [-0.25, -0.2) is 13.8 Å². The number of amides is 1. The summed E-state index contributed by atoms with van der Waals surface area (Å²) in [6.45, 7) is 3.09. The number of methoxy groups -OCH3 is 1. The van der Waals surface area contributed by atoms with Crippen molar-refractivity contribution in [3.8, 4) is 11.1 Å². The Kier molecular flexibility index (Phi) is 11.5. The molecule has 0 saturated carbocycles. The van der Waals surface area contributed by atoms with Crippen molar-refractivity contribution in [2.24, 2.45) is 0 Å². The Morgan fingerprint density at radius 3 is 2.29 bits per heavy atom. The average Bonchev–Trinajstić information content (AvgIpc) is 3.15. The molecule has 3 aromatic carbocycles. The van der Waals surface area contributed by atoms with Crippen molar-refractivity contribution in [1.29, 1.82) is 0 Å². The number of nitrogens with zero attached hydrogens (tertiary/aromatic N) is 4. The number of ether oxygens (including phenoxy) is 1. The summed E-state index contributed by atoms with van der Waals surface area (Å²) < 4.78 is 74.8. The maximum atomic E-state index is 14.6. The van der Waals surface area contributed by atoms with Crippen molar-refractivity contribution < 1.29 is 31.5 Å². The van der Waals surface area contributed by atoms with Gasteiger partial charge < -0.3 is 19.1 Å². The molecular formula is C40H39F5N4O3. The van der Waals surface area contributed by atoms with Gasteiger partial charge in [0, 0.05) is 57.3 Å². The maximum Gasteiger partial charge on any atom is 0.416 e. The lowest BCUT2D eigenvalue weighted by Gasteiger charge is -2.39. The van der Waals surface area contributed by atoms with Crippen molar-refractivity contribution in [2.45, 2.75) is 51.0 Å². The molecule has 0 atom stereocenters. The van der Waals surface area contributed by atoms with Gasteiger partial charge in [0.25, 0.3) is 0 Å². The van der Waals surface area contributed by atoms with Gasteiger partial charge in [-0.1, -0.05) is 48.5 Å². The lowest BCUT2D eigenvalue weighted by Crippen LogP contribution is -2.48. The molecule has 6 rings (SSSR count). The number of alkyl halides is 3. The van der Waals surface area contributed by atoms with Gasteiger partial charge in [-0.05, 0) is 78.3 Å². The van der Waals surface area contributed by atoms with Crippen LogP contribution in [0.1, 0.15) is 35.2 Å². The van der Waals surface area contributed by atoms with E-state index in [1.807, 2.05) is 29.2 Å². The van der Waals surface area contributed by atoms with Crippen LogP contribution in [0, 0.1) is 11.6 Å². The van der Waals surface area contributed by atoms with Crippen LogP contribution < -0.4 is 5.43 Å². The van der Waals surface area contributed by atoms with Gasteiger partial charge in [-0.15, -0.1) is 0 Å². The van der Waals surface area contributed by atoms with Crippen LogP contribution in [-0.2, 0) is 41.6 Å². The van der Waals surface area contributed by atoms with Crippen LogP contribution >= 0.6 is 0 Å². The highest BCUT2D eigenvalue weighted by Crippen LogP contribution is 2.31. The molecule has 0 spiro atoms.